The van der Waals surface area contributed by atoms with Gasteiger partial charge in [-0.3, -0.25) is 0 Å². The minimum absolute atomic E-state index is 0.0772. The lowest BCUT2D eigenvalue weighted by molar-refractivity contribution is 0.349. The minimum Gasteiger partial charge on any atom is -0.0796 e. The molecule has 0 aliphatic carbocycles. The van der Waals surface area contributed by atoms with Gasteiger partial charge in [-0.2, -0.15) is 0 Å². The van der Waals surface area contributed by atoms with Gasteiger partial charge in [0.2, 0.25) is 0 Å². The molecule has 0 aliphatic heterocycles. The molecular weight excluding hydrogens is 272 g/mol. The van der Waals surface area contributed by atoms with E-state index in [1.807, 2.05) is 0 Å². The molecule has 0 aliphatic rings. The standard InChI is InChI=1S/C16H25Br/c1-11(2)14-9-7-8-10-15(14)16(17,12(3)4)13(5)6/h7-13H,1-6H3. The van der Waals surface area contributed by atoms with Crippen LogP contribution >= 0.6 is 15.9 Å². The average molecular weight is 297 g/mol. The van der Waals surface area contributed by atoms with Gasteiger partial charge in [-0.15, -0.1) is 0 Å². The molecule has 0 amide bonds. The number of hydrogen-bond acceptors (Lipinski definition) is 0. The van der Waals surface area contributed by atoms with E-state index in [1.165, 1.54) is 11.1 Å². The van der Waals surface area contributed by atoms with Crippen LogP contribution < -0.4 is 0 Å². The molecule has 0 atom stereocenters. The summed E-state index contributed by atoms with van der Waals surface area (Å²) in [6.07, 6.45) is 0. The van der Waals surface area contributed by atoms with Crippen molar-refractivity contribution in [2.75, 3.05) is 0 Å². The van der Waals surface area contributed by atoms with E-state index < -0.39 is 0 Å². The van der Waals surface area contributed by atoms with Crippen LogP contribution in [0.25, 0.3) is 0 Å². The van der Waals surface area contributed by atoms with Crippen molar-refractivity contribution in [3.63, 3.8) is 0 Å². The van der Waals surface area contributed by atoms with E-state index in [9.17, 15) is 0 Å². The molecule has 0 aromatic heterocycles. The fourth-order valence-electron chi connectivity index (χ4n) is 2.64. The SMILES string of the molecule is CC(C)c1ccccc1C(Br)(C(C)C)C(C)C. The first kappa shape index (κ1) is 14.8. The summed E-state index contributed by atoms with van der Waals surface area (Å²) in [5.74, 6) is 1.71. The summed E-state index contributed by atoms with van der Waals surface area (Å²) in [6.45, 7) is 13.7. The van der Waals surface area contributed by atoms with Gasteiger partial charge in [0.15, 0.2) is 0 Å². The van der Waals surface area contributed by atoms with Crippen LogP contribution in [0.2, 0.25) is 0 Å². The molecule has 1 aromatic carbocycles. The molecule has 0 saturated heterocycles. The first-order valence-corrected chi connectivity index (χ1v) is 7.39. The first-order valence-electron chi connectivity index (χ1n) is 6.60. The molecular formula is C16H25Br. The van der Waals surface area contributed by atoms with E-state index in [2.05, 4.69) is 81.7 Å². The van der Waals surface area contributed by atoms with E-state index in [-0.39, 0.29) is 4.32 Å². The summed E-state index contributed by atoms with van der Waals surface area (Å²) in [7, 11) is 0. The molecule has 1 rings (SSSR count). The number of hydrogen-bond donors (Lipinski definition) is 0. The molecule has 1 heteroatoms. The maximum atomic E-state index is 4.04. The van der Waals surface area contributed by atoms with E-state index in [4.69, 9.17) is 0 Å². The Kier molecular flexibility index (Phi) is 4.83. The van der Waals surface area contributed by atoms with Gasteiger partial charge in [-0.1, -0.05) is 81.7 Å². The van der Waals surface area contributed by atoms with Gasteiger partial charge in [0, 0.05) is 0 Å². The summed E-state index contributed by atoms with van der Waals surface area (Å²) < 4.78 is 0.0772. The van der Waals surface area contributed by atoms with Gasteiger partial charge in [0.05, 0.1) is 4.32 Å². The van der Waals surface area contributed by atoms with Crippen LogP contribution in [0.15, 0.2) is 24.3 Å². The predicted octanol–water partition coefficient (Wildman–Crippen LogP) is 5.71. The molecule has 1 aromatic rings. The molecule has 17 heavy (non-hydrogen) atoms. The van der Waals surface area contributed by atoms with E-state index in [0.717, 1.165) is 0 Å². The molecule has 0 saturated carbocycles. The zero-order valence-corrected chi connectivity index (χ0v) is 13.5. The minimum atomic E-state index is 0.0772. The lowest BCUT2D eigenvalue weighted by Gasteiger charge is -2.38. The van der Waals surface area contributed by atoms with Crippen LogP contribution in [0.4, 0.5) is 0 Å². The molecule has 0 unspecified atom stereocenters. The van der Waals surface area contributed by atoms with Crippen molar-refractivity contribution in [2.24, 2.45) is 11.8 Å². The van der Waals surface area contributed by atoms with E-state index in [1.54, 1.807) is 0 Å². The zero-order valence-electron chi connectivity index (χ0n) is 11.9. The maximum absolute atomic E-state index is 4.04. The van der Waals surface area contributed by atoms with Crippen LogP contribution in [0.5, 0.6) is 0 Å². The second kappa shape index (κ2) is 5.56. The van der Waals surface area contributed by atoms with Crippen molar-refractivity contribution in [2.45, 2.75) is 51.8 Å². The Labute approximate surface area is 115 Å². The van der Waals surface area contributed by atoms with Gasteiger partial charge < -0.3 is 0 Å². The quantitative estimate of drug-likeness (QED) is 0.624. The Bertz CT molecular complexity index is 356. The first-order chi connectivity index (χ1) is 7.81. The highest BCUT2D eigenvalue weighted by Gasteiger charge is 2.37. The fraction of sp³-hybridized carbons (Fsp3) is 0.625. The topological polar surface area (TPSA) is 0 Å². The molecule has 0 fully saturated rings. The third kappa shape index (κ3) is 2.76. The lowest BCUT2D eigenvalue weighted by Crippen LogP contribution is -2.32. The monoisotopic (exact) mass is 296 g/mol. The molecule has 96 valence electrons. The summed E-state index contributed by atoms with van der Waals surface area (Å²) in [5.41, 5.74) is 2.92. The van der Waals surface area contributed by atoms with Crippen LogP contribution in [-0.4, -0.2) is 0 Å². The van der Waals surface area contributed by atoms with Crippen LogP contribution in [-0.2, 0) is 4.32 Å². The number of benzene rings is 1. The van der Waals surface area contributed by atoms with Crippen LogP contribution in [0, 0.1) is 11.8 Å². The number of alkyl halides is 1. The number of halogens is 1. The van der Waals surface area contributed by atoms with Gasteiger partial charge in [-0.05, 0) is 28.9 Å². The second-order valence-corrected chi connectivity index (χ2v) is 7.13. The Hall–Kier alpha value is -0.300. The molecule has 0 radical (unpaired) electrons. The third-order valence-corrected chi connectivity index (χ3v) is 5.93. The lowest BCUT2D eigenvalue weighted by atomic mass is 9.76. The Morgan fingerprint density at radius 3 is 1.76 bits per heavy atom. The van der Waals surface area contributed by atoms with Gasteiger partial charge in [-0.25, -0.2) is 0 Å². The highest BCUT2D eigenvalue weighted by molar-refractivity contribution is 9.09. The Morgan fingerprint density at radius 1 is 0.882 bits per heavy atom. The summed E-state index contributed by atoms with van der Waals surface area (Å²) in [6, 6.07) is 8.85. The van der Waals surface area contributed by atoms with Crippen LogP contribution in [0.3, 0.4) is 0 Å². The molecule has 0 N–H and O–H groups in total. The van der Waals surface area contributed by atoms with Crippen molar-refractivity contribution in [1.29, 1.82) is 0 Å². The zero-order chi connectivity index (χ0) is 13.2. The van der Waals surface area contributed by atoms with Crippen molar-refractivity contribution in [3.05, 3.63) is 35.4 Å². The smallest absolute Gasteiger partial charge is 0.0554 e. The summed E-state index contributed by atoms with van der Waals surface area (Å²) in [4.78, 5) is 0. The van der Waals surface area contributed by atoms with Crippen LogP contribution in [0.1, 0.15) is 58.6 Å². The third-order valence-electron chi connectivity index (χ3n) is 3.68. The Morgan fingerprint density at radius 2 is 1.35 bits per heavy atom. The van der Waals surface area contributed by atoms with Gasteiger partial charge in [0.1, 0.15) is 0 Å². The fourth-order valence-corrected chi connectivity index (χ4v) is 3.00. The summed E-state index contributed by atoms with van der Waals surface area (Å²) >= 11 is 4.04. The van der Waals surface area contributed by atoms with E-state index >= 15 is 0 Å². The molecule has 0 nitrogen and oxygen atoms in total. The predicted molar refractivity (Wildman–Crippen MR) is 80.8 cm³/mol. The van der Waals surface area contributed by atoms with Crippen molar-refractivity contribution < 1.29 is 0 Å². The van der Waals surface area contributed by atoms with Crippen molar-refractivity contribution in [1.82, 2.24) is 0 Å². The number of rotatable bonds is 4. The normalized spacial score (nSPS) is 12.8. The van der Waals surface area contributed by atoms with Gasteiger partial charge in [0.25, 0.3) is 0 Å². The van der Waals surface area contributed by atoms with Gasteiger partial charge >= 0.3 is 0 Å². The highest BCUT2D eigenvalue weighted by atomic mass is 79.9. The second-order valence-electron chi connectivity index (χ2n) is 5.82. The average Bonchev–Trinajstić information content (AvgIpc) is 2.27. The highest BCUT2D eigenvalue weighted by Crippen LogP contribution is 2.47. The largest absolute Gasteiger partial charge is 0.0796 e. The van der Waals surface area contributed by atoms with E-state index in [0.29, 0.717) is 17.8 Å². The molecule has 0 spiro atoms. The molecule has 0 heterocycles. The van der Waals surface area contributed by atoms with Crippen molar-refractivity contribution in [3.8, 4) is 0 Å². The summed E-state index contributed by atoms with van der Waals surface area (Å²) in [5, 5.41) is 0. The maximum Gasteiger partial charge on any atom is 0.0554 e. The Balaban J connectivity index is 3.39. The molecule has 0 bridgehead atoms. The van der Waals surface area contributed by atoms with Crippen molar-refractivity contribution >= 4 is 15.9 Å².